The summed E-state index contributed by atoms with van der Waals surface area (Å²) in [5.74, 6) is 1.23. The Morgan fingerprint density at radius 2 is 2.12 bits per heavy atom. The summed E-state index contributed by atoms with van der Waals surface area (Å²) in [7, 11) is 1.46. The molecule has 0 spiro atoms. The zero-order valence-electron chi connectivity index (χ0n) is 14.4. The van der Waals surface area contributed by atoms with Gasteiger partial charge < -0.3 is 15.8 Å². The van der Waals surface area contributed by atoms with Crippen LogP contribution in [0.5, 0.6) is 5.75 Å². The molecule has 3 rings (SSSR count). The fourth-order valence-electron chi connectivity index (χ4n) is 3.15. The van der Waals surface area contributed by atoms with Crippen LogP contribution in [0, 0.1) is 18.7 Å². The minimum absolute atomic E-state index is 0.238. The lowest BCUT2D eigenvalue weighted by molar-refractivity contribution is 0.386. The number of nitrogens with one attached hydrogen (secondary N) is 1. The molecule has 1 aliphatic carbocycles. The van der Waals surface area contributed by atoms with Gasteiger partial charge in [-0.3, -0.25) is 0 Å². The van der Waals surface area contributed by atoms with Gasteiger partial charge in [0.2, 0.25) is 0 Å². The molecule has 0 aliphatic heterocycles. The van der Waals surface area contributed by atoms with Crippen molar-refractivity contribution in [3.8, 4) is 16.9 Å². The molecule has 0 radical (unpaired) electrons. The number of pyridine rings is 1. The van der Waals surface area contributed by atoms with E-state index in [1.807, 2.05) is 13.0 Å². The molecular formula is C19H24FN3O. The largest absolute Gasteiger partial charge is 0.494 e. The number of rotatable bonds is 6. The summed E-state index contributed by atoms with van der Waals surface area (Å²) in [6, 6.07) is 5.38. The maximum Gasteiger partial charge on any atom is 0.165 e. The normalized spacial score (nSPS) is 15.2. The number of benzene rings is 1. The molecule has 1 fully saturated rings. The third-order valence-electron chi connectivity index (χ3n) is 4.73. The van der Waals surface area contributed by atoms with Crippen molar-refractivity contribution in [1.82, 2.24) is 4.98 Å². The van der Waals surface area contributed by atoms with Crippen LogP contribution in [-0.2, 0) is 0 Å². The van der Waals surface area contributed by atoms with E-state index in [2.05, 4.69) is 17.2 Å². The minimum Gasteiger partial charge on any atom is -0.494 e. The number of nitrogens with zero attached hydrogens (tertiary/aromatic N) is 1. The minimum atomic E-state index is -0.395. The number of nitrogens with two attached hydrogens (primary N) is 1. The molecule has 5 heteroatoms. The number of hydrogen-bond acceptors (Lipinski definition) is 4. The summed E-state index contributed by atoms with van der Waals surface area (Å²) in [6.07, 6.45) is 5.27. The molecule has 24 heavy (non-hydrogen) atoms. The van der Waals surface area contributed by atoms with Gasteiger partial charge in [0, 0.05) is 17.8 Å². The van der Waals surface area contributed by atoms with Gasteiger partial charge in [0.1, 0.15) is 5.82 Å². The third kappa shape index (κ3) is 3.16. The highest BCUT2D eigenvalue weighted by atomic mass is 19.1. The Bertz CT molecular complexity index is 744. The van der Waals surface area contributed by atoms with Crippen molar-refractivity contribution in [1.29, 1.82) is 0 Å². The van der Waals surface area contributed by atoms with E-state index in [9.17, 15) is 4.39 Å². The topological polar surface area (TPSA) is 60.2 Å². The van der Waals surface area contributed by atoms with E-state index < -0.39 is 5.82 Å². The van der Waals surface area contributed by atoms with Gasteiger partial charge in [-0.05, 0) is 61.4 Å². The lowest BCUT2D eigenvalue weighted by atomic mass is 9.99. The number of anilines is 2. The molecule has 1 aliphatic rings. The first-order chi connectivity index (χ1) is 11.5. The maximum absolute atomic E-state index is 14.1. The molecule has 3 N–H and O–H groups in total. The zero-order valence-corrected chi connectivity index (χ0v) is 14.4. The van der Waals surface area contributed by atoms with Crippen LogP contribution in [0.2, 0.25) is 0 Å². The van der Waals surface area contributed by atoms with Crippen LogP contribution in [0.3, 0.4) is 0 Å². The second kappa shape index (κ2) is 6.67. The Morgan fingerprint density at radius 1 is 1.38 bits per heavy atom. The van der Waals surface area contributed by atoms with Crippen molar-refractivity contribution < 1.29 is 9.13 Å². The average Bonchev–Trinajstić information content (AvgIpc) is 3.41. The number of nitrogen functional groups attached to an aromatic ring is 1. The molecule has 0 saturated heterocycles. The standard InChI is InChI=1S/C19H24FN3O/c1-4-16(12-5-6-12)23-19-18(21)13(7-8-22-19)14-10-15(20)17(24-3)9-11(14)2/h7-10,12,16H,4-6,21H2,1-3H3,(H,22,23)/t16-/m1/s1. The Labute approximate surface area is 142 Å². The number of ether oxygens (including phenoxy) is 1. The summed E-state index contributed by atoms with van der Waals surface area (Å²) < 4.78 is 19.2. The highest BCUT2D eigenvalue weighted by molar-refractivity contribution is 5.85. The molecule has 128 valence electrons. The van der Waals surface area contributed by atoms with E-state index in [4.69, 9.17) is 10.5 Å². The van der Waals surface area contributed by atoms with Gasteiger partial charge in [-0.2, -0.15) is 0 Å². The van der Waals surface area contributed by atoms with Crippen molar-refractivity contribution in [2.45, 2.75) is 39.2 Å². The quantitative estimate of drug-likeness (QED) is 0.825. The predicted octanol–water partition coefficient (Wildman–Crippen LogP) is 4.39. The van der Waals surface area contributed by atoms with Crippen molar-refractivity contribution in [3.63, 3.8) is 0 Å². The molecule has 1 heterocycles. The Balaban J connectivity index is 1.97. The molecule has 1 aromatic carbocycles. The average molecular weight is 329 g/mol. The molecule has 2 aromatic rings. The Morgan fingerprint density at radius 3 is 2.75 bits per heavy atom. The van der Waals surface area contributed by atoms with Crippen molar-refractivity contribution in [3.05, 3.63) is 35.8 Å². The van der Waals surface area contributed by atoms with E-state index in [0.717, 1.165) is 23.1 Å². The first-order valence-electron chi connectivity index (χ1n) is 8.40. The molecule has 0 amide bonds. The van der Waals surface area contributed by atoms with Gasteiger partial charge in [0.15, 0.2) is 11.6 Å². The van der Waals surface area contributed by atoms with E-state index in [1.165, 1.54) is 26.0 Å². The monoisotopic (exact) mass is 329 g/mol. The van der Waals surface area contributed by atoms with Crippen LogP contribution in [0.4, 0.5) is 15.9 Å². The number of methoxy groups -OCH3 is 1. The molecular weight excluding hydrogens is 305 g/mol. The van der Waals surface area contributed by atoms with Gasteiger partial charge in [-0.25, -0.2) is 9.37 Å². The molecule has 1 saturated carbocycles. The highest BCUT2D eigenvalue weighted by Gasteiger charge is 2.30. The summed E-state index contributed by atoms with van der Waals surface area (Å²) in [5, 5.41) is 3.47. The maximum atomic E-state index is 14.1. The van der Waals surface area contributed by atoms with Crippen LogP contribution < -0.4 is 15.8 Å². The van der Waals surface area contributed by atoms with E-state index in [0.29, 0.717) is 23.5 Å². The molecule has 1 atom stereocenters. The van der Waals surface area contributed by atoms with Crippen molar-refractivity contribution in [2.75, 3.05) is 18.2 Å². The third-order valence-corrected chi connectivity index (χ3v) is 4.73. The van der Waals surface area contributed by atoms with Crippen LogP contribution in [-0.4, -0.2) is 18.1 Å². The smallest absolute Gasteiger partial charge is 0.165 e. The van der Waals surface area contributed by atoms with Gasteiger partial charge in [0.25, 0.3) is 0 Å². The lowest BCUT2D eigenvalue weighted by Crippen LogP contribution is -2.22. The highest BCUT2D eigenvalue weighted by Crippen LogP contribution is 2.38. The van der Waals surface area contributed by atoms with Crippen LogP contribution in [0.25, 0.3) is 11.1 Å². The van der Waals surface area contributed by atoms with Gasteiger partial charge in [-0.1, -0.05) is 6.92 Å². The Hall–Kier alpha value is -2.30. The second-order valence-electron chi connectivity index (χ2n) is 6.42. The van der Waals surface area contributed by atoms with Crippen LogP contribution >= 0.6 is 0 Å². The number of aromatic nitrogens is 1. The number of hydrogen-bond donors (Lipinski definition) is 2. The fraction of sp³-hybridized carbons (Fsp3) is 0.421. The predicted molar refractivity (Wildman–Crippen MR) is 95.8 cm³/mol. The van der Waals surface area contributed by atoms with Crippen LogP contribution in [0.15, 0.2) is 24.4 Å². The molecule has 1 aromatic heterocycles. The summed E-state index contributed by atoms with van der Waals surface area (Å²) in [5.41, 5.74) is 9.37. The fourth-order valence-corrected chi connectivity index (χ4v) is 3.15. The van der Waals surface area contributed by atoms with E-state index in [-0.39, 0.29) is 5.75 Å². The first-order valence-corrected chi connectivity index (χ1v) is 8.40. The number of halogens is 1. The summed E-state index contributed by atoms with van der Waals surface area (Å²) >= 11 is 0. The molecule has 0 unspecified atom stereocenters. The molecule has 0 bridgehead atoms. The van der Waals surface area contributed by atoms with Gasteiger partial charge >= 0.3 is 0 Å². The SMILES string of the molecule is CC[C@@H](Nc1nccc(-c2cc(F)c(OC)cc2C)c1N)C1CC1. The zero-order chi connectivity index (χ0) is 17.3. The molecule has 4 nitrogen and oxygen atoms in total. The lowest BCUT2D eigenvalue weighted by Gasteiger charge is -2.20. The summed E-state index contributed by atoms with van der Waals surface area (Å²) in [4.78, 5) is 4.39. The van der Waals surface area contributed by atoms with Crippen molar-refractivity contribution in [2.24, 2.45) is 5.92 Å². The number of aryl methyl sites for hydroxylation is 1. The van der Waals surface area contributed by atoms with Gasteiger partial charge in [-0.15, -0.1) is 0 Å². The van der Waals surface area contributed by atoms with Crippen molar-refractivity contribution >= 4 is 11.5 Å². The second-order valence-corrected chi connectivity index (χ2v) is 6.42. The Kier molecular flexibility index (Phi) is 4.60. The van der Waals surface area contributed by atoms with E-state index in [1.54, 1.807) is 12.3 Å². The van der Waals surface area contributed by atoms with Crippen LogP contribution in [0.1, 0.15) is 31.7 Å². The first kappa shape index (κ1) is 16.6. The summed E-state index contributed by atoms with van der Waals surface area (Å²) in [6.45, 7) is 4.09. The van der Waals surface area contributed by atoms with E-state index >= 15 is 0 Å². The van der Waals surface area contributed by atoms with Gasteiger partial charge in [0.05, 0.1) is 12.8 Å².